The Morgan fingerprint density at radius 1 is 0.529 bits per heavy atom. The number of hydrogen-bond donors (Lipinski definition) is 0. The molecule has 0 fully saturated rings. The third-order valence-electron chi connectivity index (χ3n) is 4.50. The van der Waals surface area contributed by atoms with Gasteiger partial charge in [-0.3, -0.25) is 0 Å². The van der Waals surface area contributed by atoms with Gasteiger partial charge >= 0.3 is 126 Å². The van der Waals surface area contributed by atoms with Crippen LogP contribution in [0.25, 0.3) is 0 Å². The first-order valence-electron chi connectivity index (χ1n) is 7.00. The SMILES string of the molecule is C[Si](C)(C)[C]([Sn]([CH3])([CH3])[CH3])([Sn]([CH3])([CH3])[CH3])[Sn]([CH3])([CH3])[CH3]. The maximum absolute atomic E-state index is 2.76. The fraction of sp³-hybridized carbons (Fsp3) is 1.00. The molecule has 0 heterocycles. The molecule has 0 aliphatic heterocycles. The van der Waals surface area contributed by atoms with Gasteiger partial charge < -0.3 is 0 Å². The van der Waals surface area contributed by atoms with E-state index < -0.39 is 63.2 Å². The van der Waals surface area contributed by atoms with E-state index in [1.54, 1.807) is 0 Å². The Kier molecular flexibility index (Phi) is 6.26. The van der Waals surface area contributed by atoms with Crippen LogP contribution in [0.3, 0.4) is 0 Å². The average molecular weight is 577 g/mol. The Hall–Kier alpha value is 2.61. The van der Waals surface area contributed by atoms with E-state index in [0.29, 0.717) is 0 Å². The van der Waals surface area contributed by atoms with Gasteiger partial charge in [-0.2, -0.15) is 0 Å². The number of rotatable bonds is 4. The zero-order chi connectivity index (χ0) is 14.5. The van der Waals surface area contributed by atoms with Crippen molar-refractivity contribution in [3.8, 4) is 0 Å². The van der Waals surface area contributed by atoms with Gasteiger partial charge in [0.15, 0.2) is 0 Å². The third-order valence-corrected chi connectivity index (χ3v) is 147. The molecule has 4 heteroatoms. The second-order valence-electron chi connectivity index (χ2n) is 9.75. The predicted molar refractivity (Wildman–Crippen MR) is 96.1 cm³/mol. The molecular formula is C13H36SiSn3. The van der Waals surface area contributed by atoms with E-state index >= 15 is 0 Å². The van der Waals surface area contributed by atoms with Gasteiger partial charge in [-0.15, -0.1) is 0 Å². The van der Waals surface area contributed by atoms with Crippen LogP contribution in [-0.2, 0) is 0 Å². The van der Waals surface area contributed by atoms with Gasteiger partial charge in [0.1, 0.15) is 0 Å². The summed E-state index contributed by atoms with van der Waals surface area (Å²) in [4.78, 5) is 24.9. The fourth-order valence-electron chi connectivity index (χ4n) is 6.75. The molecule has 0 aliphatic carbocycles. The van der Waals surface area contributed by atoms with E-state index in [4.69, 9.17) is 0 Å². The summed E-state index contributed by atoms with van der Waals surface area (Å²) in [7, 11) is -1.06. The van der Waals surface area contributed by atoms with Crippen LogP contribution >= 0.6 is 0 Å². The van der Waals surface area contributed by atoms with Crippen molar-refractivity contribution in [1.82, 2.24) is 0 Å². The quantitative estimate of drug-likeness (QED) is 0.377. The van der Waals surface area contributed by atoms with Gasteiger partial charge in [-0.25, -0.2) is 0 Å². The summed E-state index contributed by atoms with van der Waals surface area (Å²) in [6.07, 6.45) is 0. The van der Waals surface area contributed by atoms with Crippen LogP contribution in [0.2, 0.25) is 63.2 Å². The molecule has 0 atom stereocenters. The van der Waals surface area contributed by atoms with E-state index in [0.717, 1.165) is -0.914 Å². The van der Waals surface area contributed by atoms with Crippen molar-refractivity contribution >= 4 is 63.2 Å². The van der Waals surface area contributed by atoms with Crippen molar-refractivity contribution in [2.75, 3.05) is 0 Å². The molecule has 0 aliphatic rings. The van der Waals surface area contributed by atoms with Gasteiger partial charge in [-0.1, -0.05) is 0 Å². The molecule has 0 bridgehead atoms. The van der Waals surface area contributed by atoms with Crippen LogP contribution in [0, 0.1) is 0 Å². The first-order valence-corrected chi connectivity index (χ1v) is 40.5. The second-order valence-corrected chi connectivity index (χ2v) is 76.5. The zero-order valence-corrected chi connectivity index (χ0v) is 24.1. The van der Waals surface area contributed by atoms with Crippen molar-refractivity contribution in [2.45, 2.75) is 63.2 Å². The van der Waals surface area contributed by atoms with E-state index in [9.17, 15) is 0 Å². The molecule has 0 unspecified atom stereocenters. The molecule has 0 spiro atoms. The van der Waals surface area contributed by atoms with Gasteiger partial charge in [0.05, 0.1) is 0 Å². The molecule has 0 rings (SSSR count). The Morgan fingerprint density at radius 2 is 0.706 bits per heavy atom. The third kappa shape index (κ3) is 3.45. The topological polar surface area (TPSA) is 0 Å². The van der Waals surface area contributed by atoms with E-state index in [2.05, 4.69) is 64.1 Å². The summed E-state index contributed by atoms with van der Waals surface area (Å²) in [5.41, 5.74) is 0. The number of hydrogen-bond acceptors (Lipinski definition) is 0. The standard InChI is InChI=1S/C4H9Si.9CH3.3Sn/c1-5(2,3)4;;;;;;;;;;;;/h1-3H3;9*1H3;;;. The second kappa shape index (κ2) is 5.43. The van der Waals surface area contributed by atoms with Gasteiger partial charge in [0.25, 0.3) is 0 Å². The first kappa shape index (κ1) is 19.6. The average Bonchev–Trinajstić information content (AvgIpc) is 1.67. The summed E-state index contributed by atoms with van der Waals surface area (Å²) in [6.45, 7) is 8.12. The molecule has 0 aromatic carbocycles. The van der Waals surface area contributed by atoms with Crippen molar-refractivity contribution < 1.29 is 0 Å². The predicted octanol–water partition coefficient (Wildman–Crippen LogP) is 5.70. The fourth-order valence-corrected chi connectivity index (χ4v) is 220. The van der Waals surface area contributed by atoms with Crippen LogP contribution in [0.5, 0.6) is 0 Å². The molecule has 0 radical (unpaired) electrons. The molecule has 17 heavy (non-hydrogen) atoms. The minimum absolute atomic E-state index is 1.02. The molecule has 0 aromatic rings. The van der Waals surface area contributed by atoms with Crippen molar-refractivity contribution in [1.29, 1.82) is 0 Å². The molecule has 0 saturated carbocycles. The molecule has 0 N–H and O–H groups in total. The molecule has 0 aromatic heterocycles. The monoisotopic (exact) mass is 580 g/mol. The van der Waals surface area contributed by atoms with E-state index in [1.165, 1.54) is 0 Å². The van der Waals surface area contributed by atoms with Gasteiger partial charge in [-0.05, 0) is 0 Å². The van der Waals surface area contributed by atoms with Gasteiger partial charge in [0, 0.05) is 0 Å². The molecule has 0 amide bonds. The zero-order valence-electron chi connectivity index (χ0n) is 14.5. The minimum atomic E-state index is -1.92. The normalized spacial score (nSPS) is 16.2. The summed E-state index contributed by atoms with van der Waals surface area (Å²) in [5.74, 6) is 0. The summed E-state index contributed by atoms with van der Waals surface area (Å²) in [5, 5.41) is 0. The Labute approximate surface area is 124 Å². The van der Waals surface area contributed by atoms with Crippen LogP contribution in [0.4, 0.5) is 0 Å². The van der Waals surface area contributed by atoms with Crippen LogP contribution in [0.1, 0.15) is 0 Å². The Morgan fingerprint density at radius 3 is 0.706 bits per heavy atom. The molecule has 0 nitrogen and oxygen atoms in total. The molecular weight excluding hydrogens is 540 g/mol. The summed E-state index contributed by atoms with van der Waals surface area (Å²) < 4.78 is 1.02. The first-order chi connectivity index (χ1) is 7.00. The molecule has 0 saturated heterocycles. The molecule has 104 valence electrons. The Balaban J connectivity index is 6.37. The van der Waals surface area contributed by atoms with Crippen molar-refractivity contribution in [3.63, 3.8) is 0 Å². The van der Waals surface area contributed by atoms with Crippen LogP contribution in [-0.4, -0.2) is 63.2 Å². The summed E-state index contributed by atoms with van der Waals surface area (Å²) in [6, 6.07) is 0. The van der Waals surface area contributed by atoms with Gasteiger partial charge in [0.2, 0.25) is 0 Å². The Bertz CT molecular complexity index is 209. The van der Waals surface area contributed by atoms with Crippen LogP contribution in [0.15, 0.2) is 0 Å². The van der Waals surface area contributed by atoms with Crippen LogP contribution < -0.4 is 0 Å². The van der Waals surface area contributed by atoms with Crippen molar-refractivity contribution in [2.24, 2.45) is 0 Å². The van der Waals surface area contributed by atoms with E-state index in [1.807, 2.05) is 0 Å². The van der Waals surface area contributed by atoms with Crippen molar-refractivity contribution in [3.05, 3.63) is 0 Å². The van der Waals surface area contributed by atoms with E-state index in [-0.39, 0.29) is 0 Å². The maximum atomic E-state index is 2.76. The summed E-state index contributed by atoms with van der Waals surface area (Å²) >= 11 is -5.76.